The van der Waals surface area contributed by atoms with Gasteiger partial charge in [0.2, 0.25) is 0 Å². The van der Waals surface area contributed by atoms with Crippen molar-refractivity contribution in [3.63, 3.8) is 0 Å². The minimum absolute atomic E-state index is 0.0419. The summed E-state index contributed by atoms with van der Waals surface area (Å²) < 4.78 is 0. The van der Waals surface area contributed by atoms with Gasteiger partial charge in [-0.3, -0.25) is 9.59 Å². The molecule has 0 saturated heterocycles. The molecule has 2 rings (SSSR count). The third-order valence-corrected chi connectivity index (χ3v) is 2.17. The maximum absolute atomic E-state index is 11.8. The zero-order valence-corrected chi connectivity index (χ0v) is 9.45. The maximum atomic E-state index is 11.8. The van der Waals surface area contributed by atoms with Crippen LogP contribution in [0.2, 0.25) is 0 Å². The fraction of sp³-hybridized carbons (Fsp3) is 0. The molecule has 2 aromatic rings. The second kappa shape index (κ2) is 5.08. The van der Waals surface area contributed by atoms with Gasteiger partial charge in [-0.15, -0.1) is 0 Å². The Kier molecular flexibility index (Phi) is 3.33. The van der Waals surface area contributed by atoms with Gasteiger partial charge < -0.3 is 10.4 Å². The molecule has 0 atom stereocenters. The highest BCUT2D eigenvalue weighted by Crippen LogP contribution is 2.12. The number of hydrogen-bond acceptors (Lipinski definition) is 5. The van der Waals surface area contributed by atoms with Gasteiger partial charge in [0.25, 0.3) is 11.5 Å². The number of aromatic carboxylic acids is 1. The first kappa shape index (κ1) is 12.4. The first-order chi connectivity index (χ1) is 9.08. The summed E-state index contributed by atoms with van der Waals surface area (Å²) >= 11 is 0. The molecule has 1 amide bonds. The molecule has 19 heavy (non-hydrogen) atoms. The number of aromatic amines is 1. The topological polar surface area (TPSA) is 125 Å². The average Bonchev–Trinajstić information content (AvgIpc) is 2.39. The van der Waals surface area contributed by atoms with Gasteiger partial charge in [-0.25, -0.2) is 14.9 Å². The standard InChI is InChI=1S/C11H8N4O4/c16-8-4-3-7(14-15-8)10(17)13-6-2-1-5-12-9(6)11(18)19/h1-5H,(H,13,17)(H,15,16)(H,18,19). The predicted molar refractivity (Wildman–Crippen MR) is 64.0 cm³/mol. The van der Waals surface area contributed by atoms with E-state index in [1.54, 1.807) is 0 Å². The van der Waals surface area contributed by atoms with Crippen LogP contribution in [-0.4, -0.2) is 32.2 Å². The number of carbonyl (C=O) groups is 2. The molecule has 0 spiro atoms. The summed E-state index contributed by atoms with van der Waals surface area (Å²) in [6, 6.07) is 5.26. The van der Waals surface area contributed by atoms with E-state index in [1.807, 2.05) is 0 Å². The number of aromatic nitrogens is 3. The number of carboxylic acid groups (broad SMARTS) is 1. The normalized spacial score (nSPS) is 9.89. The Balaban J connectivity index is 2.26. The second-order valence-corrected chi connectivity index (χ2v) is 3.47. The third kappa shape index (κ3) is 2.80. The SMILES string of the molecule is O=C(Nc1cccnc1C(=O)O)c1ccc(=O)[nH]n1. The average molecular weight is 260 g/mol. The van der Waals surface area contributed by atoms with Crippen LogP contribution in [0.1, 0.15) is 21.0 Å². The van der Waals surface area contributed by atoms with E-state index in [-0.39, 0.29) is 17.1 Å². The van der Waals surface area contributed by atoms with Gasteiger partial charge >= 0.3 is 5.97 Å². The van der Waals surface area contributed by atoms with Crippen molar-refractivity contribution in [2.24, 2.45) is 0 Å². The van der Waals surface area contributed by atoms with Crippen LogP contribution < -0.4 is 10.9 Å². The molecule has 0 aliphatic carbocycles. The number of anilines is 1. The fourth-order valence-electron chi connectivity index (χ4n) is 1.33. The zero-order valence-electron chi connectivity index (χ0n) is 9.45. The smallest absolute Gasteiger partial charge is 0.356 e. The van der Waals surface area contributed by atoms with Gasteiger partial charge in [-0.05, 0) is 18.2 Å². The summed E-state index contributed by atoms with van der Waals surface area (Å²) in [5.74, 6) is -1.91. The Labute approximate surface area is 106 Å². The number of nitrogens with one attached hydrogen (secondary N) is 2. The molecule has 0 bridgehead atoms. The monoisotopic (exact) mass is 260 g/mol. The molecule has 0 aliphatic heterocycles. The van der Waals surface area contributed by atoms with E-state index in [0.717, 1.165) is 6.07 Å². The van der Waals surface area contributed by atoms with E-state index in [4.69, 9.17) is 5.11 Å². The highest BCUT2D eigenvalue weighted by Gasteiger charge is 2.15. The maximum Gasteiger partial charge on any atom is 0.356 e. The van der Waals surface area contributed by atoms with Gasteiger partial charge in [-0.1, -0.05) is 0 Å². The first-order valence-electron chi connectivity index (χ1n) is 5.13. The van der Waals surface area contributed by atoms with Gasteiger partial charge in [0, 0.05) is 12.3 Å². The van der Waals surface area contributed by atoms with E-state index >= 15 is 0 Å². The van der Waals surface area contributed by atoms with E-state index in [9.17, 15) is 14.4 Å². The summed E-state index contributed by atoms with van der Waals surface area (Å²) in [4.78, 5) is 37.1. The van der Waals surface area contributed by atoms with Gasteiger partial charge in [-0.2, -0.15) is 5.10 Å². The Hall–Kier alpha value is -3.03. The Morgan fingerprint density at radius 3 is 2.68 bits per heavy atom. The highest BCUT2D eigenvalue weighted by atomic mass is 16.4. The summed E-state index contributed by atoms with van der Waals surface area (Å²) in [7, 11) is 0. The molecule has 0 radical (unpaired) electrons. The zero-order chi connectivity index (χ0) is 13.8. The van der Waals surface area contributed by atoms with Gasteiger partial charge in [0.1, 0.15) is 5.69 Å². The van der Waals surface area contributed by atoms with E-state index in [2.05, 4.69) is 20.5 Å². The third-order valence-electron chi connectivity index (χ3n) is 2.17. The lowest BCUT2D eigenvalue weighted by Gasteiger charge is -2.06. The van der Waals surface area contributed by atoms with Gasteiger partial charge in [0.15, 0.2) is 5.69 Å². The molecule has 96 valence electrons. The number of rotatable bonds is 3. The van der Waals surface area contributed by atoms with Crippen LogP contribution in [0.3, 0.4) is 0 Å². The summed E-state index contributed by atoms with van der Waals surface area (Å²) in [6.45, 7) is 0. The fourth-order valence-corrected chi connectivity index (χ4v) is 1.33. The van der Waals surface area contributed by atoms with Crippen molar-refractivity contribution >= 4 is 17.6 Å². The van der Waals surface area contributed by atoms with Crippen LogP contribution in [-0.2, 0) is 0 Å². The Morgan fingerprint density at radius 1 is 1.26 bits per heavy atom. The largest absolute Gasteiger partial charge is 0.476 e. The molecule has 0 saturated carbocycles. The lowest BCUT2D eigenvalue weighted by molar-refractivity contribution is 0.0692. The molecular formula is C11H8N4O4. The van der Waals surface area contributed by atoms with Crippen LogP contribution in [0.15, 0.2) is 35.3 Å². The molecule has 0 aliphatic rings. The lowest BCUT2D eigenvalue weighted by Crippen LogP contribution is -2.19. The van der Waals surface area contributed by atoms with E-state index < -0.39 is 17.4 Å². The molecule has 2 aromatic heterocycles. The number of nitrogens with zero attached hydrogens (tertiary/aromatic N) is 2. The number of hydrogen-bond donors (Lipinski definition) is 3. The molecule has 0 unspecified atom stereocenters. The van der Waals surface area contributed by atoms with Crippen molar-refractivity contribution in [1.82, 2.24) is 15.2 Å². The number of amides is 1. The van der Waals surface area contributed by atoms with Crippen molar-refractivity contribution in [3.8, 4) is 0 Å². The first-order valence-corrected chi connectivity index (χ1v) is 5.13. The quantitative estimate of drug-likeness (QED) is 0.719. The highest BCUT2D eigenvalue weighted by molar-refractivity contribution is 6.05. The number of carboxylic acids is 1. The molecule has 8 heteroatoms. The van der Waals surface area contributed by atoms with Crippen LogP contribution in [0.5, 0.6) is 0 Å². The van der Waals surface area contributed by atoms with Gasteiger partial charge in [0.05, 0.1) is 5.69 Å². The Bertz CT molecular complexity index is 675. The van der Waals surface area contributed by atoms with Crippen LogP contribution in [0.4, 0.5) is 5.69 Å². The van der Waals surface area contributed by atoms with Crippen LogP contribution >= 0.6 is 0 Å². The number of carbonyl (C=O) groups excluding carboxylic acids is 1. The second-order valence-electron chi connectivity index (χ2n) is 3.47. The number of pyridine rings is 1. The molecule has 0 fully saturated rings. The summed E-state index contributed by atoms with van der Waals surface area (Å²) in [5.41, 5.74) is -0.711. The van der Waals surface area contributed by atoms with Crippen molar-refractivity contribution in [1.29, 1.82) is 0 Å². The minimum atomic E-state index is -1.26. The summed E-state index contributed by atoms with van der Waals surface area (Å²) in [6.07, 6.45) is 1.30. The van der Waals surface area contributed by atoms with Crippen LogP contribution in [0, 0.1) is 0 Å². The molecule has 3 N–H and O–H groups in total. The van der Waals surface area contributed by atoms with E-state index in [1.165, 1.54) is 24.4 Å². The molecule has 0 aromatic carbocycles. The molecular weight excluding hydrogens is 252 g/mol. The number of H-pyrrole nitrogens is 1. The van der Waals surface area contributed by atoms with Crippen molar-refractivity contribution in [2.45, 2.75) is 0 Å². The molecule has 8 nitrogen and oxygen atoms in total. The predicted octanol–water partition coefficient (Wildman–Crippen LogP) is 0.115. The Morgan fingerprint density at radius 2 is 2.05 bits per heavy atom. The minimum Gasteiger partial charge on any atom is -0.476 e. The van der Waals surface area contributed by atoms with Crippen LogP contribution in [0.25, 0.3) is 0 Å². The lowest BCUT2D eigenvalue weighted by atomic mass is 10.2. The molecule has 2 heterocycles. The van der Waals surface area contributed by atoms with Crippen molar-refractivity contribution in [2.75, 3.05) is 5.32 Å². The summed E-state index contributed by atoms with van der Waals surface area (Å²) in [5, 5.41) is 16.9. The van der Waals surface area contributed by atoms with E-state index in [0.29, 0.717) is 0 Å². The van der Waals surface area contributed by atoms with Crippen molar-refractivity contribution < 1.29 is 14.7 Å². The van der Waals surface area contributed by atoms with Crippen molar-refractivity contribution in [3.05, 3.63) is 52.2 Å².